The summed E-state index contributed by atoms with van der Waals surface area (Å²) in [4.78, 5) is 23.5. The minimum absolute atomic E-state index is 0.00678. The molecule has 2 aromatic carbocycles. The summed E-state index contributed by atoms with van der Waals surface area (Å²) < 4.78 is 5.82. The molecule has 1 aliphatic rings. The van der Waals surface area contributed by atoms with Gasteiger partial charge in [0.25, 0.3) is 11.6 Å². The van der Waals surface area contributed by atoms with Crippen LogP contribution in [-0.2, 0) is 17.3 Å². The van der Waals surface area contributed by atoms with E-state index in [1.165, 1.54) is 28.8 Å². The van der Waals surface area contributed by atoms with Crippen LogP contribution in [0.25, 0.3) is 0 Å². The molecule has 1 aromatic heterocycles. The average molecular weight is 472 g/mol. The molecule has 1 N–H and O–H groups in total. The molecule has 0 saturated heterocycles. The molecule has 0 aliphatic heterocycles. The number of rotatable bonds is 5. The largest absolute Gasteiger partial charge is 0.456 e. The lowest BCUT2D eigenvalue weighted by molar-refractivity contribution is -0.383. The highest BCUT2D eigenvalue weighted by atomic mass is 16.6. The van der Waals surface area contributed by atoms with E-state index in [4.69, 9.17) is 9.68 Å². The van der Waals surface area contributed by atoms with Crippen molar-refractivity contribution in [2.45, 2.75) is 64.7 Å². The Labute approximate surface area is 204 Å². The monoisotopic (exact) mass is 471 g/mol. The fraction of sp³-hybridized carbons (Fsp3) is 0.357. The van der Waals surface area contributed by atoms with Gasteiger partial charge in [-0.15, -0.1) is 0 Å². The molecular formula is C28H29N3O4. The van der Waals surface area contributed by atoms with Gasteiger partial charge in [0.2, 0.25) is 0 Å². The number of aryl methyl sites for hydroxylation is 1. The van der Waals surface area contributed by atoms with Gasteiger partial charge in [0.1, 0.15) is 11.4 Å². The van der Waals surface area contributed by atoms with E-state index >= 15 is 0 Å². The second kappa shape index (κ2) is 8.70. The zero-order valence-corrected chi connectivity index (χ0v) is 20.7. The molecule has 0 unspecified atom stereocenters. The first-order chi connectivity index (χ1) is 16.4. The van der Waals surface area contributed by atoms with Crippen molar-refractivity contribution in [3.8, 4) is 6.07 Å². The molecule has 0 atom stereocenters. The highest BCUT2D eigenvalue weighted by Crippen LogP contribution is 2.46. The van der Waals surface area contributed by atoms with Crippen LogP contribution in [0.4, 0.5) is 11.4 Å². The minimum Gasteiger partial charge on any atom is -0.456 e. The molecule has 7 nitrogen and oxygen atoms in total. The van der Waals surface area contributed by atoms with Crippen molar-refractivity contribution in [2.75, 3.05) is 5.32 Å². The molecule has 1 aliphatic carbocycles. The lowest BCUT2D eigenvalue weighted by Gasteiger charge is -2.42. The first-order valence-corrected chi connectivity index (χ1v) is 11.6. The summed E-state index contributed by atoms with van der Waals surface area (Å²) in [6.07, 6.45) is 2.82. The van der Waals surface area contributed by atoms with Crippen LogP contribution in [0.5, 0.6) is 0 Å². The van der Waals surface area contributed by atoms with E-state index in [0.717, 1.165) is 24.5 Å². The van der Waals surface area contributed by atoms with Crippen LogP contribution < -0.4 is 5.32 Å². The third kappa shape index (κ3) is 4.69. The van der Waals surface area contributed by atoms with Crippen LogP contribution in [0.2, 0.25) is 0 Å². The number of carbonyl (C=O) groups is 1. The number of nitro benzene ring substituents is 1. The SMILES string of the molecule is Cc1cc2c(cc1Cc1ccc(C(=O)Nc3ccc(C#N)cc3[N+](=O)[O-])o1)C(C)(C)CCC2(C)C. The van der Waals surface area contributed by atoms with Gasteiger partial charge in [0.05, 0.1) is 16.6 Å². The number of nitrogens with one attached hydrogen (secondary N) is 1. The Morgan fingerprint density at radius 2 is 1.74 bits per heavy atom. The first kappa shape index (κ1) is 24.2. The molecule has 0 bridgehead atoms. The third-order valence-electron chi connectivity index (χ3n) is 7.13. The summed E-state index contributed by atoms with van der Waals surface area (Å²) in [5, 5.41) is 22.9. The Morgan fingerprint density at radius 1 is 1.09 bits per heavy atom. The Bertz CT molecular complexity index is 1380. The molecule has 35 heavy (non-hydrogen) atoms. The van der Waals surface area contributed by atoms with E-state index < -0.39 is 10.8 Å². The lowest BCUT2D eigenvalue weighted by atomic mass is 9.62. The smallest absolute Gasteiger partial charge is 0.294 e. The van der Waals surface area contributed by atoms with E-state index in [-0.39, 0.29) is 33.5 Å². The summed E-state index contributed by atoms with van der Waals surface area (Å²) in [6.45, 7) is 11.3. The summed E-state index contributed by atoms with van der Waals surface area (Å²) in [5.74, 6) is 0.116. The Morgan fingerprint density at radius 3 is 2.37 bits per heavy atom. The van der Waals surface area contributed by atoms with Gasteiger partial charge in [-0.1, -0.05) is 39.8 Å². The zero-order chi connectivity index (χ0) is 25.5. The van der Waals surface area contributed by atoms with Crippen molar-refractivity contribution >= 4 is 17.3 Å². The lowest BCUT2D eigenvalue weighted by Crippen LogP contribution is -2.34. The maximum atomic E-state index is 12.7. The Kier molecular flexibility index (Phi) is 6.02. The normalized spacial score (nSPS) is 15.7. The number of hydrogen-bond acceptors (Lipinski definition) is 5. The number of carbonyl (C=O) groups excluding carboxylic acids is 1. The zero-order valence-electron chi connectivity index (χ0n) is 20.7. The fourth-order valence-corrected chi connectivity index (χ4v) is 4.78. The van der Waals surface area contributed by atoms with Crippen molar-refractivity contribution in [1.82, 2.24) is 0 Å². The molecule has 7 heteroatoms. The first-order valence-electron chi connectivity index (χ1n) is 11.6. The number of benzene rings is 2. The van der Waals surface area contributed by atoms with Crippen molar-refractivity contribution < 1.29 is 14.1 Å². The van der Waals surface area contributed by atoms with Gasteiger partial charge in [-0.2, -0.15) is 5.26 Å². The van der Waals surface area contributed by atoms with Gasteiger partial charge in [0, 0.05) is 12.5 Å². The highest BCUT2D eigenvalue weighted by Gasteiger charge is 2.37. The number of nitrogens with zero attached hydrogens (tertiary/aromatic N) is 2. The van der Waals surface area contributed by atoms with Crippen LogP contribution in [-0.4, -0.2) is 10.8 Å². The topological polar surface area (TPSA) is 109 Å². The number of nitro groups is 1. The number of amides is 1. The van der Waals surface area contributed by atoms with Crippen molar-refractivity contribution in [1.29, 1.82) is 5.26 Å². The van der Waals surface area contributed by atoms with Gasteiger partial charge in [0.15, 0.2) is 5.76 Å². The highest BCUT2D eigenvalue weighted by molar-refractivity contribution is 6.03. The number of nitriles is 1. The third-order valence-corrected chi connectivity index (χ3v) is 7.13. The van der Waals surface area contributed by atoms with Crippen LogP contribution in [0, 0.1) is 28.4 Å². The molecule has 180 valence electrons. The Balaban J connectivity index is 1.57. The van der Waals surface area contributed by atoms with Gasteiger partial charge < -0.3 is 9.73 Å². The molecule has 0 saturated carbocycles. The number of hydrogen-bond donors (Lipinski definition) is 1. The standard InChI is InChI=1S/C28H29N3O4/c1-17-12-21-22(28(4,5)11-10-27(21,2)3)15-19(17)14-20-7-9-25(35-20)26(32)30-23-8-6-18(16-29)13-24(23)31(33)34/h6-9,12-13,15H,10-11,14H2,1-5H3,(H,30,32). The minimum atomic E-state index is -0.633. The van der Waals surface area contributed by atoms with Crippen LogP contribution in [0.1, 0.15) is 84.7 Å². The molecule has 0 spiro atoms. The van der Waals surface area contributed by atoms with E-state index in [1.807, 2.05) is 6.07 Å². The molecule has 0 radical (unpaired) electrons. The number of fused-ring (bicyclic) bond motifs is 1. The molecule has 1 heterocycles. The fourth-order valence-electron chi connectivity index (χ4n) is 4.78. The van der Waals surface area contributed by atoms with Crippen LogP contribution in [0.15, 0.2) is 46.9 Å². The van der Waals surface area contributed by atoms with E-state index in [9.17, 15) is 14.9 Å². The van der Waals surface area contributed by atoms with Gasteiger partial charge in [-0.3, -0.25) is 14.9 Å². The summed E-state index contributed by atoms with van der Waals surface area (Å²) in [6, 6.07) is 13.7. The molecule has 1 amide bonds. The van der Waals surface area contributed by atoms with Crippen molar-refractivity contribution in [3.05, 3.63) is 91.9 Å². The van der Waals surface area contributed by atoms with Crippen LogP contribution >= 0.6 is 0 Å². The molecule has 0 fully saturated rings. The second-order valence-electron chi connectivity index (χ2n) is 10.6. The molecule has 3 aromatic rings. The van der Waals surface area contributed by atoms with Gasteiger partial charge in [-0.05, 0) is 77.1 Å². The summed E-state index contributed by atoms with van der Waals surface area (Å²) in [5.41, 5.74) is 5.14. The van der Waals surface area contributed by atoms with Crippen LogP contribution in [0.3, 0.4) is 0 Å². The summed E-state index contributed by atoms with van der Waals surface area (Å²) in [7, 11) is 0. The predicted octanol–water partition coefficient (Wildman–Crippen LogP) is 6.56. The molecular weight excluding hydrogens is 442 g/mol. The van der Waals surface area contributed by atoms with E-state index in [2.05, 4.69) is 52.1 Å². The summed E-state index contributed by atoms with van der Waals surface area (Å²) >= 11 is 0. The second-order valence-corrected chi connectivity index (χ2v) is 10.6. The average Bonchev–Trinajstić information content (AvgIpc) is 3.27. The number of anilines is 1. The van der Waals surface area contributed by atoms with Gasteiger partial charge >= 0.3 is 0 Å². The predicted molar refractivity (Wildman–Crippen MR) is 134 cm³/mol. The Hall–Kier alpha value is -3.92. The molecule has 4 rings (SSSR count). The van der Waals surface area contributed by atoms with E-state index in [0.29, 0.717) is 12.2 Å². The van der Waals surface area contributed by atoms with E-state index in [1.54, 1.807) is 12.1 Å². The maximum absolute atomic E-state index is 12.7. The van der Waals surface area contributed by atoms with Crippen molar-refractivity contribution in [3.63, 3.8) is 0 Å². The quantitative estimate of drug-likeness (QED) is 0.335. The number of furan rings is 1. The van der Waals surface area contributed by atoms with Gasteiger partial charge in [-0.25, -0.2) is 0 Å². The van der Waals surface area contributed by atoms with Crippen molar-refractivity contribution in [2.24, 2.45) is 0 Å². The maximum Gasteiger partial charge on any atom is 0.294 e.